The van der Waals surface area contributed by atoms with Gasteiger partial charge in [-0.15, -0.1) is 0 Å². The molecule has 2 aromatic rings. The summed E-state index contributed by atoms with van der Waals surface area (Å²) < 4.78 is 37.6. The number of nitrogens with zero attached hydrogens (tertiary/aromatic N) is 1. The zero-order valence-corrected chi connectivity index (χ0v) is 14.6. The van der Waals surface area contributed by atoms with Crippen molar-refractivity contribution in [1.82, 2.24) is 5.32 Å². The molecule has 1 aliphatic heterocycles. The average Bonchev–Trinajstić information content (AvgIpc) is 3.12. The van der Waals surface area contributed by atoms with Crippen LogP contribution in [0.3, 0.4) is 0 Å². The summed E-state index contributed by atoms with van der Waals surface area (Å²) in [6.07, 6.45) is -0.659. The molecule has 136 valence electrons. The molecule has 0 fully saturated rings. The lowest BCUT2D eigenvalue weighted by atomic mass is 10.0. The Labute approximate surface area is 150 Å². The number of halogens is 1. The summed E-state index contributed by atoms with van der Waals surface area (Å²) in [6, 6.07) is 13.9. The van der Waals surface area contributed by atoms with E-state index in [9.17, 15) is 17.6 Å². The summed E-state index contributed by atoms with van der Waals surface area (Å²) in [4.78, 5) is 17.4. The molecule has 0 aliphatic carbocycles. The molecule has 1 atom stereocenters. The van der Waals surface area contributed by atoms with Crippen molar-refractivity contribution in [3.05, 3.63) is 66.0 Å². The molecule has 0 aromatic heterocycles. The number of rotatable bonds is 6. The Morgan fingerprint density at radius 1 is 1.19 bits per heavy atom. The molecule has 0 spiro atoms. The van der Waals surface area contributed by atoms with Crippen LogP contribution < -0.4 is 5.32 Å². The second-order valence-corrected chi connectivity index (χ2v) is 7.88. The van der Waals surface area contributed by atoms with Gasteiger partial charge in [-0.05, 0) is 24.3 Å². The highest BCUT2D eigenvalue weighted by Crippen LogP contribution is 2.17. The molecule has 0 saturated carbocycles. The lowest BCUT2D eigenvalue weighted by molar-refractivity contribution is -0.131. The molecule has 1 heterocycles. The van der Waals surface area contributed by atoms with E-state index in [1.165, 1.54) is 24.3 Å². The van der Waals surface area contributed by atoms with Gasteiger partial charge in [0.15, 0.2) is 9.84 Å². The number of oxime groups is 1. The molecule has 1 aliphatic rings. The first-order valence-corrected chi connectivity index (χ1v) is 9.65. The van der Waals surface area contributed by atoms with Crippen molar-refractivity contribution in [2.75, 3.05) is 12.3 Å². The summed E-state index contributed by atoms with van der Waals surface area (Å²) in [5.41, 5.74) is 1.02. The number of sulfone groups is 1. The van der Waals surface area contributed by atoms with Crippen LogP contribution in [0.15, 0.2) is 64.6 Å². The summed E-state index contributed by atoms with van der Waals surface area (Å²) in [5.74, 6) is -1.07. The number of benzene rings is 2. The van der Waals surface area contributed by atoms with Gasteiger partial charge in [0.25, 0.3) is 5.91 Å². The zero-order valence-electron chi connectivity index (χ0n) is 13.8. The van der Waals surface area contributed by atoms with Crippen molar-refractivity contribution in [2.24, 2.45) is 5.16 Å². The Morgan fingerprint density at radius 3 is 2.69 bits per heavy atom. The fourth-order valence-electron chi connectivity index (χ4n) is 2.52. The Bertz CT molecular complexity index is 929. The van der Waals surface area contributed by atoms with Crippen LogP contribution in [0.25, 0.3) is 0 Å². The summed E-state index contributed by atoms with van der Waals surface area (Å²) in [6.45, 7) is -0.0365. The summed E-state index contributed by atoms with van der Waals surface area (Å²) in [7, 11) is -3.46. The number of carbonyl (C=O) groups is 1. The van der Waals surface area contributed by atoms with E-state index >= 15 is 0 Å². The van der Waals surface area contributed by atoms with Gasteiger partial charge in [0.05, 0.1) is 16.4 Å². The van der Waals surface area contributed by atoms with E-state index in [1.807, 2.05) is 0 Å². The van der Waals surface area contributed by atoms with E-state index in [1.54, 1.807) is 30.3 Å². The van der Waals surface area contributed by atoms with Gasteiger partial charge < -0.3 is 10.2 Å². The maximum absolute atomic E-state index is 13.3. The molecule has 0 radical (unpaired) electrons. The molecule has 3 rings (SSSR count). The minimum absolute atomic E-state index is 0.0365. The second kappa shape index (κ2) is 7.65. The maximum atomic E-state index is 13.3. The lowest BCUT2D eigenvalue weighted by Crippen LogP contribution is -2.37. The fourth-order valence-corrected chi connectivity index (χ4v) is 3.70. The van der Waals surface area contributed by atoms with Crippen molar-refractivity contribution in [2.45, 2.75) is 17.4 Å². The second-order valence-electron chi connectivity index (χ2n) is 5.77. The van der Waals surface area contributed by atoms with Crippen LogP contribution in [-0.4, -0.2) is 38.4 Å². The van der Waals surface area contributed by atoms with E-state index in [0.717, 1.165) is 0 Å². The molecule has 6 nitrogen and oxygen atoms in total. The molecule has 0 bridgehead atoms. The van der Waals surface area contributed by atoms with E-state index in [4.69, 9.17) is 4.84 Å². The summed E-state index contributed by atoms with van der Waals surface area (Å²) >= 11 is 0. The molecule has 26 heavy (non-hydrogen) atoms. The first-order chi connectivity index (χ1) is 12.5. The van der Waals surface area contributed by atoms with Crippen LogP contribution in [0.1, 0.15) is 12.0 Å². The van der Waals surface area contributed by atoms with Crippen molar-refractivity contribution < 1.29 is 22.4 Å². The van der Waals surface area contributed by atoms with E-state index < -0.39 is 27.7 Å². The number of hydrogen-bond acceptors (Lipinski definition) is 5. The number of carbonyl (C=O) groups excluding carboxylic acids is 1. The molecule has 1 amide bonds. The third-order valence-corrected chi connectivity index (χ3v) is 5.62. The third kappa shape index (κ3) is 4.26. The maximum Gasteiger partial charge on any atom is 0.264 e. The lowest BCUT2D eigenvalue weighted by Gasteiger charge is -2.10. The van der Waals surface area contributed by atoms with Gasteiger partial charge in [0.2, 0.25) is 6.10 Å². The fraction of sp³-hybridized carbons (Fsp3) is 0.222. The predicted molar refractivity (Wildman–Crippen MR) is 93.9 cm³/mol. The largest absolute Gasteiger partial charge is 0.382 e. The third-order valence-electron chi connectivity index (χ3n) is 3.89. The minimum atomic E-state index is -3.46. The van der Waals surface area contributed by atoms with Crippen LogP contribution in [0.5, 0.6) is 0 Å². The predicted octanol–water partition coefficient (Wildman–Crippen LogP) is 1.91. The first-order valence-electron chi connectivity index (χ1n) is 8.00. The smallest absolute Gasteiger partial charge is 0.264 e. The normalized spacial score (nSPS) is 16.7. The van der Waals surface area contributed by atoms with Crippen molar-refractivity contribution in [3.63, 3.8) is 0 Å². The van der Waals surface area contributed by atoms with Crippen LogP contribution >= 0.6 is 0 Å². The highest BCUT2D eigenvalue weighted by atomic mass is 32.2. The topological polar surface area (TPSA) is 84.8 Å². The van der Waals surface area contributed by atoms with Gasteiger partial charge in [0.1, 0.15) is 5.82 Å². The SMILES string of the molecule is O=C(NCCS(=O)(=O)c1ccccc1)[C@H]1CC(c2cccc(F)c2)=NO1. The number of amides is 1. The Balaban J connectivity index is 1.51. The quantitative estimate of drug-likeness (QED) is 0.835. The molecular weight excluding hydrogens is 359 g/mol. The van der Waals surface area contributed by atoms with Crippen LogP contribution in [0, 0.1) is 5.82 Å². The van der Waals surface area contributed by atoms with Gasteiger partial charge >= 0.3 is 0 Å². The highest BCUT2D eigenvalue weighted by Gasteiger charge is 2.29. The van der Waals surface area contributed by atoms with Gasteiger partial charge in [-0.25, -0.2) is 12.8 Å². The molecule has 1 N–H and O–H groups in total. The van der Waals surface area contributed by atoms with Crippen molar-refractivity contribution >= 4 is 21.5 Å². The zero-order chi connectivity index (χ0) is 18.6. The average molecular weight is 376 g/mol. The van der Waals surface area contributed by atoms with E-state index in [2.05, 4.69) is 10.5 Å². The van der Waals surface area contributed by atoms with Gasteiger partial charge in [0, 0.05) is 18.5 Å². The van der Waals surface area contributed by atoms with Crippen LogP contribution in [0.2, 0.25) is 0 Å². The van der Waals surface area contributed by atoms with Crippen LogP contribution in [-0.2, 0) is 19.5 Å². The molecule has 2 aromatic carbocycles. The van der Waals surface area contributed by atoms with Gasteiger partial charge in [-0.1, -0.05) is 35.5 Å². The van der Waals surface area contributed by atoms with Crippen molar-refractivity contribution in [1.29, 1.82) is 0 Å². The molecule has 0 unspecified atom stereocenters. The minimum Gasteiger partial charge on any atom is -0.382 e. The van der Waals surface area contributed by atoms with Crippen LogP contribution in [0.4, 0.5) is 4.39 Å². The van der Waals surface area contributed by atoms with E-state index in [-0.39, 0.29) is 23.6 Å². The Hall–Kier alpha value is -2.74. The molecular formula is C18H17FN2O4S. The number of hydrogen-bond donors (Lipinski definition) is 1. The summed E-state index contributed by atoms with van der Waals surface area (Å²) in [5, 5.41) is 6.37. The van der Waals surface area contributed by atoms with Gasteiger partial charge in [-0.2, -0.15) is 0 Å². The van der Waals surface area contributed by atoms with Crippen molar-refractivity contribution in [3.8, 4) is 0 Å². The molecule has 8 heteroatoms. The Kier molecular flexibility index (Phi) is 5.32. The van der Waals surface area contributed by atoms with Gasteiger partial charge in [-0.3, -0.25) is 4.79 Å². The van der Waals surface area contributed by atoms with E-state index in [0.29, 0.717) is 11.3 Å². The monoisotopic (exact) mass is 376 g/mol. The molecule has 0 saturated heterocycles. The Morgan fingerprint density at radius 2 is 1.96 bits per heavy atom. The highest BCUT2D eigenvalue weighted by molar-refractivity contribution is 7.91. The first kappa shape index (κ1) is 18.1. The number of nitrogens with one attached hydrogen (secondary N) is 1. The standard InChI is InChI=1S/C18H17FN2O4S/c19-14-6-4-5-13(11-14)16-12-17(25-21-16)18(22)20-9-10-26(23,24)15-7-2-1-3-8-15/h1-8,11,17H,9-10,12H2,(H,20,22)/t17-/m1/s1.